The molecule has 1 aromatic heterocycles. The number of benzene rings is 1. The van der Waals surface area contributed by atoms with Crippen LogP contribution in [0.1, 0.15) is 86.9 Å². The molecule has 2 aliphatic carbocycles. The third-order valence-electron chi connectivity index (χ3n) is 9.91. The standard InChI is InChI=1S/C31H40ClN3O/c32-29-15-14-25-27(34-29)13-8-17-31(25)21-33-20-26(31)30(36)35-18-16-24(22-9-6-3-7-10-22)19-28(35)23-11-4-1-2-5-12-23/h3,6-7,9-10,14-15,23-24,26,28,33H,1-2,4-5,8,11-13,16-21H2. The van der Waals surface area contributed by atoms with Crippen molar-refractivity contribution in [3.05, 3.63) is 64.4 Å². The Labute approximate surface area is 221 Å². The second-order valence-corrected chi connectivity index (χ2v) is 12.2. The number of halogens is 1. The molecule has 4 aliphatic rings. The Hall–Kier alpha value is -1.91. The lowest BCUT2D eigenvalue weighted by atomic mass is 9.65. The molecule has 5 heteroatoms. The molecule has 2 aromatic rings. The summed E-state index contributed by atoms with van der Waals surface area (Å²) in [5.74, 6) is 1.57. The Morgan fingerprint density at radius 1 is 1.00 bits per heavy atom. The normalized spacial score (nSPS) is 31.2. The minimum atomic E-state index is -0.146. The predicted octanol–water partition coefficient (Wildman–Crippen LogP) is 6.27. The molecular formula is C31H40ClN3O. The Kier molecular flexibility index (Phi) is 7.09. The van der Waals surface area contributed by atoms with Crippen LogP contribution in [-0.2, 0) is 16.6 Å². The SMILES string of the molecule is O=C(C1CNCC12CCCc1nc(Cl)ccc12)N1CCC(c2ccccc2)CC1C1CCCCCC1. The maximum Gasteiger partial charge on any atom is 0.228 e. The molecule has 1 saturated carbocycles. The van der Waals surface area contributed by atoms with Crippen LogP contribution in [0.25, 0.3) is 0 Å². The van der Waals surface area contributed by atoms with Gasteiger partial charge in [0.15, 0.2) is 0 Å². The van der Waals surface area contributed by atoms with Gasteiger partial charge in [0.25, 0.3) is 0 Å². The molecule has 0 radical (unpaired) electrons. The van der Waals surface area contributed by atoms with Crippen molar-refractivity contribution in [3.8, 4) is 0 Å². The van der Waals surface area contributed by atoms with Crippen molar-refractivity contribution in [2.24, 2.45) is 11.8 Å². The van der Waals surface area contributed by atoms with E-state index >= 15 is 0 Å². The molecular weight excluding hydrogens is 466 g/mol. The fourth-order valence-electron chi connectivity index (χ4n) is 8.09. The van der Waals surface area contributed by atoms with Crippen LogP contribution < -0.4 is 5.32 Å². The van der Waals surface area contributed by atoms with Crippen molar-refractivity contribution in [1.82, 2.24) is 15.2 Å². The first-order valence-electron chi connectivity index (χ1n) is 14.4. The number of hydrogen-bond acceptors (Lipinski definition) is 3. The molecule has 1 aromatic carbocycles. The van der Waals surface area contributed by atoms with E-state index in [0.717, 1.165) is 57.4 Å². The van der Waals surface area contributed by atoms with Crippen molar-refractivity contribution in [1.29, 1.82) is 0 Å². The maximum atomic E-state index is 14.6. The number of carbonyl (C=O) groups excluding carboxylic acids is 1. The minimum absolute atomic E-state index is 0.0129. The monoisotopic (exact) mass is 505 g/mol. The summed E-state index contributed by atoms with van der Waals surface area (Å²) in [6, 6.07) is 15.5. The zero-order valence-electron chi connectivity index (χ0n) is 21.4. The number of rotatable bonds is 3. The van der Waals surface area contributed by atoms with E-state index in [1.807, 2.05) is 6.07 Å². The van der Waals surface area contributed by atoms with Gasteiger partial charge in [0.1, 0.15) is 5.15 Å². The molecule has 1 spiro atoms. The van der Waals surface area contributed by atoms with Gasteiger partial charge in [-0.05, 0) is 74.0 Å². The number of amides is 1. The highest BCUT2D eigenvalue weighted by molar-refractivity contribution is 6.29. The maximum absolute atomic E-state index is 14.6. The lowest BCUT2D eigenvalue weighted by molar-refractivity contribution is -0.142. The summed E-state index contributed by atoms with van der Waals surface area (Å²) in [5.41, 5.74) is 3.68. The first-order valence-corrected chi connectivity index (χ1v) is 14.8. The van der Waals surface area contributed by atoms with Crippen molar-refractivity contribution in [3.63, 3.8) is 0 Å². The Balaban J connectivity index is 1.31. The third-order valence-corrected chi connectivity index (χ3v) is 10.1. The van der Waals surface area contributed by atoms with E-state index in [1.54, 1.807) is 0 Å². The fraction of sp³-hybridized carbons (Fsp3) is 0.613. The topological polar surface area (TPSA) is 45.2 Å². The lowest BCUT2D eigenvalue weighted by Gasteiger charge is -2.47. The average Bonchev–Trinajstić information content (AvgIpc) is 3.13. The van der Waals surface area contributed by atoms with Crippen molar-refractivity contribution in [2.45, 2.75) is 88.0 Å². The fourth-order valence-corrected chi connectivity index (χ4v) is 8.26. The number of pyridine rings is 1. The highest BCUT2D eigenvalue weighted by Gasteiger charge is 2.52. The quantitative estimate of drug-likeness (QED) is 0.394. The molecule has 4 atom stereocenters. The van der Waals surface area contributed by atoms with Crippen LogP contribution in [0.15, 0.2) is 42.5 Å². The number of nitrogens with one attached hydrogen (secondary N) is 1. The molecule has 2 saturated heterocycles. The van der Waals surface area contributed by atoms with Crippen LogP contribution in [0.5, 0.6) is 0 Å². The van der Waals surface area contributed by atoms with Gasteiger partial charge in [0, 0.05) is 36.8 Å². The number of carbonyl (C=O) groups is 1. The van der Waals surface area contributed by atoms with Crippen LogP contribution in [0.3, 0.4) is 0 Å². The number of nitrogens with zero attached hydrogens (tertiary/aromatic N) is 2. The van der Waals surface area contributed by atoms with Crippen LogP contribution in [0.4, 0.5) is 0 Å². The number of aryl methyl sites for hydroxylation is 1. The zero-order valence-corrected chi connectivity index (χ0v) is 22.2. The molecule has 36 heavy (non-hydrogen) atoms. The van der Waals surface area contributed by atoms with Crippen LogP contribution in [0.2, 0.25) is 5.15 Å². The Morgan fingerprint density at radius 3 is 2.61 bits per heavy atom. The summed E-state index contributed by atoms with van der Waals surface area (Å²) in [7, 11) is 0. The second kappa shape index (κ2) is 10.5. The van der Waals surface area contributed by atoms with E-state index in [4.69, 9.17) is 16.6 Å². The van der Waals surface area contributed by atoms with Crippen LogP contribution in [-0.4, -0.2) is 41.5 Å². The summed E-state index contributed by atoms with van der Waals surface area (Å²) in [5, 5.41) is 4.20. The molecule has 0 bridgehead atoms. The highest BCUT2D eigenvalue weighted by atomic mass is 35.5. The summed E-state index contributed by atoms with van der Waals surface area (Å²) in [6.07, 6.45) is 13.1. The van der Waals surface area contributed by atoms with E-state index in [-0.39, 0.29) is 11.3 Å². The Morgan fingerprint density at radius 2 is 1.81 bits per heavy atom. The molecule has 3 fully saturated rings. The highest BCUT2D eigenvalue weighted by Crippen LogP contribution is 2.47. The van der Waals surface area contributed by atoms with E-state index in [0.29, 0.717) is 28.9 Å². The Bertz CT molecular complexity index is 1070. The van der Waals surface area contributed by atoms with Gasteiger partial charge < -0.3 is 10.2 Å². The van der Waals surface area contributed by atoms with E-state index < -0.39 is 0 Å². The predicted molar refractivity (Wildman–Crippen MR) is 145 cm³/mol. The molecule has 4 unspecified atom stereocenters. The van der Waals surface area contributed by atoms with Crippen molar-refractivity contribution in [2.75, 3.05) is 19.6 Å². The smallest absolute Gasteiger partial charge is 0.228 e. The number of fused-ring (bicyclic) bond motifs is 2. The molecule has 3 heterocycles. The van der Waals surface area contributed by atoms with Gasteiger partial charge in [-0.15, -0.1) is 0 Å². The zero-order chi connectivity index (χ0) is 24.5. The number of hydrogen-bond donors (Lipinski definition) is 1. The molecule has 4 nitrogen and oxygen atoms in total. The largest absolute Gasteiger partial charge is 0.339 e. The molecule has 2 aliphatic heterocycles. The van der Waals surface area contributed by atoms with Crippen molar-refractivity contribution < 1.29 is 4.79 Å². The van der Waals surface area contributed by atoms with Gasteiger partial charge in [-0.1, -0.05) is 73.7 Å². The summed E-state index contributed by atoms with van der Waals surface area (Å²) < 4.78 is 0. The lowest BCUT2D eigenvalue weighted by Crippen LogP contribution is -2.55. The first kappa shape index (κ1) is 24.4. The summed E-state index contributed by atoms with van der Waals surface area (Å²) in [4.78, 5) is 21.6. The van der Waals surface area contributed by atoms with E-state index in [1.165, 1.54) is 49.7 Å². The first-order chi connectivity index (χ1) is 17.7. The van der Waals surface area contributed by atoms with E-state index in [2.05, 4.69) is 46.6 Å². The van der Waals surface area contributed by atoms with Gasteiger partial charge in [-0.25, -0.2) is 4.98 Å². The van der Waals surface area contributed by atoms with Crippen LogP contribution in [0, 0.1) is 11.8 Å². The number of likely N-dealkylation sites (tertiary alicyclic amines) is 1. The second-order valence-electron chi connectivity index (χ2n) is 11.8. The molecule has 6 rings (SSSR count). The average molecular weight is 506 g/mol. The van der Waals surface area contributed by atoms with Gasteiger partial charge in [-0.3, -0.25) is 4.79 Å². The van der Waals surface area contributed by atoms with Gasteiger partial charge >= 0.3 is 0 Å². The molecule has 192 valence electrons. The number of piperidine rings is 1. The third kappa shape index (κ3) is 4.49. The summed E-state index contributed by atoms with van der Waals surface area (Å²) >= 11 is 6.27. The van der Waals surface area contributed by atoms with E-state index in [9.17, 15) is 4.79 Å². The van der Waals surface area contributed by atoms with Gasteiger partial charge in [-0.2, -0.15) is 0 Å². The minimum Gasteiger partial charge on any atom is -0.339 e. The van der Waals surface area contributed by atoms with Gasteiger partial charge in [0.2, 0.25) is 5.91 Å². The summed E-state index contributed by atoms with van der Waals surface area (Å²) in [6.45, 7) is 2.53. The molecule has 1 N–H and O–H groups in total. The van der Waals surface area contributed by atoms with Crippen LogP contribution >= 0.6 is 11.6 Å². The van der Waals surface area contributed by atoms with Gasteiger partial charge in [0.05, 0.1) is 5.92 Å². The number of aromatic nitrogens is 1. The van der Waals surface area contributed by atoms with Crippen molar-refractivity contribution >= 4 is 17.5 Å². The molecule has 1 amide bonds.